The van der Waals surface area contributed by atoms with E-state index >= 15 is 0 Å². The van der Waals surface area contributed by atoms with Crippen molar-refractivity contribution in [2.75, 3.05) is 5.32 Å². The van der Waals surface area contributed by atoms with Gasteiger partial charge in [0.15, 0.2) is 0 Å². The lowest BCUT2D eigenvalue weighted by molar-refractivity contribution is 0.0686. The number of carbonyl (C=O) groups is 2. The first kappa shape index (κ1) is 14.5. The molecule has 2 bridgehead atoms. The molecule has 0 saturated carbocycles. The quantitative estimate of drug-likeness (QED) is 0.837. The molecule has 2 amide bonds. The molecule has 2 aromatic rings. The number of hydrogen-bond donors (Lipinski definition) is 2. The topological polar surface area (TPSA) is 74.3 Å². The standard InChI is InChI=1S/C19H18N4O2/c24-17-13-5-1-2-6-14(13)21-19(22-17)11-12-8-9-16(19)23(12)18(25)15-7-3-4-10-20-15/h1-7,10,12,16,21H,8-9,11H2,(H,22,24)/t12-,16-,19+/m1/s1. The summed E-state index contributed by atoms with van der Waals surface area (Å²) >= 11 is 0. The number of aromatic nitrogens is 1. The summed E-state index contributed by atoms with van der Waals surface area (Å²) in [5, 5.41) is 6.68. The molecule has 3 aliphatic rings. The highest BCUT2D eigenvalue weighted by atomic mass is 16.2. The van der Waals surface area contributed by atoms with Crippen molar-refractivity contribution in [3.63, 3.8) is 0 Å². The molecule has 1 aromatic carbocycles. The van der Waals surface area contributed by atoms with E-state index in [0.717, 1.165) is 24.9 Å². The van der Waals surface area contributed by atoms with Crippen LogP contribution in [0.1, 0.15) is 40.1 Å². The van der Waals surface area contributed by atoms with Crippen molar-refractivity contribution in [2.24, 2.45) is 0 Å². The van der Waals surface area contributed by atoms with Crippen LogP contribution in [0, 0.1) is 0 Å². The van der Waals surface area contributed by atoms with E-state index in [-0.39, 0.29) is 23.9 Å². The van der Waals surface area contributed by atoms with Crippen molar-refractivity contribution in [1.29, 1.82) is 0 Å². The summed E-state index contributed by atoms with van der Waals surface area (Å²) in [6, 6.07) is 12.9. The Labute approximate surface area is 145 Å². The van der Waals surface area contributed by atoms with E-state index in [2.05, 4.69) is 15.6 Å². The number of nitrogens with one attached hydrogen (secondary N) is 2. The van der Waals surface area contributed by atoms with Gasteiger partial charge in [-0.1, -0.05) is 18.2 Å². The molecular formula is C19H18N4O2. The molecule has 126 valence electrons. The maximum Gasteiger partial charge on any atom is 0.273 e. The largest absolute Gasteiger partial charge is 0.360 e. The molecule has 1 spiro atoms. The zero-order valence-corrected chi connectivity index (χ0v) is 13.6. The molecule has 25 heavy (non-hydrogen) atoms. The monoisotopic (exact) mass is 334 g/mol. The minimum Gasteiger partial charge on any atom is -0.360 e. The maximum atomic E-state index is 13.0. The summed E-state index contributed by atoms with van der Waals surface area (Å²) in [6.45, 7) is 0. The van der Waals surface area contributed by atoms with E-state index in [4.69, 9.17) is 0 Å². The van der Waals surface area contributed by atoms with Crippen LogP contribution >= 0.6 is 0 Å². The minimum atomic E-state index is -0.585. The number of rotatable bonds is 1. The van der Waals surface area contributed by atoms with Crippen LogP contribution in [0.4, 0.5) is 5.69 Å². The SMILES string of the molecule is O=C1N[C@]2(C[C@H]3CC[C@H]2N3C(=O)c2ccccn2)Nc2ccccc21. The normalized spacial score (nSPS) is 29.3. The second-order valence-corrected chi connectivity index (χ2v) is 6.97. The molecule has 0 aliphatic carbocycles. The number of anilines is 1. The number of fused-ring (bicyclic) bond motifs is 4. The molecule has 2 saturated heterocycles. The van der Waals surface area contributed by atoms with Gasteiger partial charge in [-0.3, -0.25) is 14.6 Å². The van der Waals surface area contributed by atoms with Gasteiger partial charge in [0.25, 0.3) is 11.8 Å². The van der Waals surface area contributed by atoms with Gasteiger partial charge in [-0.2, -0.15) is 0 Å². The molecule has 3 aliphatic heterocycles. The van der Waals surface area contributed by atoms with Crippen molar-refractivity contribution in [3.8, 4) is 0 Å². The maximum absolute atomic E-state index is 13.0. The van der Waals surface area contributed by atoms with Gasteiger partial charge in [0.2, 0.25) is 0 Å². The number of benzene rings is 1. The van der Waals surface area contributed by atoms with Gasteiger partial charge in [-0.25, -0.2) is 0 Å². The number of nitrogens with zero attached hydrogens (tertiary/aromatic N) is 2. The van der Waals surface area contributed by atoms with Crippen LogP contribution < -0.4 is 10.6 Å². The minimum absolute atomic E-state index is 0.0557. The van der Waals surface area contributed by atoms with Crippen LogP contribution in [-0.2, 0) is 0 Å². The Morgan fingerprint density at radius 2 is 1.96 bits per heavy atom. The zero-order chi connectivity index (χ0) is 17.0. The lowest BCUT2D eigenvalue weighted by Gasteiger charge is -2.43. The Morgan fingerprint density at radius 3 is 2.80 bits per heavy atom. The predicted molar refractivity (Wildman–Crippen MR) is 92.1 cm³/mol. The second kappa shape index (κ2) is 5.05. The van der Waals surface area contributed by atoms with Crippen LogP contribution in [0.15, 0.2) is 48.7 Å². The number of hydrogen-bond acceptors (Lipinski definition) is 4. The molecule has 6 nitrogen and oxygen atoms in total. The third-order valence-electron chi connectivity index (χ3n) is 5.61. The molecule has 2 fully saturated rings. The summed E-state index contributed by atoms with van der Waals surface area (Å²) in [7, 11) is 0. The summed E-state index contributed by atoms with van der Waals surface area (Å²) in [6.07, 6.45) is 4.19. The summed E-state index contributed by atoms with van der Waals surface area (Å²) in [4.78, 5) is 31.7. The van der Waals surface area contributed by atoms with E-state index in [0.29, 0.717) is 11.3 Å². The molecule has 5 rings (SSSR count). The van der Waals surface area contributed by atoms with Gasteiger partial charge in [0.05, 0.1) is 11.6 Å². The van der Waals surface area contributed by atoms with Gasteiger partial charge < -0.3 is 15.5 Å². The third-order valence-corrected chi connectivity index (χ3v) is 5.61. The first-order valence-corrected chi connectivity index (χ1v) is 8.61. The van der Waals surface area contributed by atoms with Crippen LogP contribution in [0.25, 0.3) is 0 Å². The fourth-order valence-electron chi connectivity index (χ4n) is 4.60. The van der Waals surface area contributed by atoms with E-state index in [1.54, 1.807) is 18.3 Å². The highest BCUT2D eigenvalue weighted by molar-refractivity contribution is 6.02. The van der Waals surface area contributed by atoms with Crippen LogP contribution in [-0.4, -0.2) is 39.4 Å². The molecule has 0 unspecified atom stereocenters. The van der Waals surface area contributed by atoms with Crippen LogP contribution in [0.5, 0.6) is 0 Å². The lowest BCUT2D eigenvalue weighted by Crippen LogP contribution is -2.64. The van der Waals surface area contributed by atoms with Crippen molar-refractivity contribution >= 4 is 17.5 Å². The zero-order valence-electron chi connectivity index (χ0n) is 13.6. The smallest absolute Gasteiger partial charge is 0.273 e. The van der Waals surface area contributed by atoms with Crippen molar-refractivity contribution in [3.05, 3.63) is 59.9 Å². The lowest BCUT2D eigenvalue weighted by atomic mass is 9.86. The molecule has 3 atom stereocenters. The van der Waals surface area contributed by atoms with E-state index < -0.39 is 5.66 Å². The average molecular weight is 334 g/mol. The highest BCUT2D eigenvalue weighted by Gasteiger charge is 2.60. The Morgan fingerprint density at radius 1 is 1.12 bits per heavy atom. The molecule has 1 aromatic heterocycles. The highest BCUT2D eigenvalue weighted by Crippen LogP contribution is 2.46. The molecular weight excluding hydrogens is 316 g/mol. The summed E-state index contributed by atoms with van der Waals surface area (Å²) < 4.78 is 0. The van der Waals surface area contributed by atoms with E-state index in [1.165, 1.54) is 0 Å². The van der Waals surface area contributed by atoms with Crippen LogP contribution in [0.3, 0.4) is 0 Å². The Balaban J connectivity index is 1.50. The molecule has 4 heterocycles. The van der Waals surface area contributed by atoms with Gasteiger partial charge in [-0.05, 0) is 37.1 Å². The van der Waals surface area contributed by atoms with Crippen molar-refractivity contribution < 1.29 is 9.59 Å². The molecule has 6 heteroatoms. The first-order valence-electron chi connectivity index (χ1n) is 8.61. The third kappa shape index (κ3) is 2.00. The number of amides is 2. The van der Waals surface area contributed by atoms with Gasteiger partial charge in [0.1, 0.15) is 11.4 Å². The number of pyridine rings is 1. The second-order valence-electron chi connectivity index (χ2n) is 6.97. The molecule has 2 N–H and O–H groups in total. The number of carbonyl (C=O) groups excluding carboxylic acids is 2. The van der Waals surface area contributed by atoms with E-state index in [9.17, 15) is 9.59 Å². The van der Waals surface area contributed by atoms with Gasteiger partial charge in [-0.15, -0.1) is 0 Å². The summed E-state index contributed by atoms with van der Waals surface area (Å²) in [5.41, 5.74) is 1.36. The predicted octanol–water partition coefficient (Wildman–Crippen LogP) is 2.01. The summed E-state index contributed by atoms with van der Waals surface area (Å²) in [5.74, 6) is -0.132. The Bertz CT molecular complexity index is 869. The van der Waals surface area contributed by atoms with Crippen molar-refractivity contribution in [1.82, 2.24) is 15.2 Å². The fourth-order valence-corrected chi connectivity index (χ4v) is 4.60. The first-order chi connectivity index (χ1) is 12.2. The number of para-hydroxylation sites is 1. The van der Waals surface area contributed by atoms with Crippen molar-refractivity contribution in [2.45, 2.75) is 37.0 Å². The average Bonchev–Trinajstić information content (AvgIpc) is 3.17. The fraction of sp³-hybridized carbons (Fsp3) is 0.316. The van der Waals surface area contributed by atoms with Crippen LogP contribution in [0.2, 0.25) is 0 Å². The van der Waals surface area contributed by atoms with Gasteiger partial charge in [0, 0.05) is 24.3 Å². The van der Waals surface area contributed by atoms with Gasteiger partial charge >= 0.3 is 0 Å². The van der Waals surface area contributed by atoms with E-state index in [1.807, 2.05) is 35.2 Å². The Hall–Kier alpha value is -2.89. The molecule has 0 radical (unpaired) electrons. The Kier molecular flexibility index (Phi) is 2.92.